The Morgan fingerprint density at radius 2 is 1.69 bits per heavy atom. The lowest BCUT2D eigenvalue weighted by molar-refractivity contribution is 0.101. The number of benzene rings is 2. The molecule has 1 heterocycles. The van der Waals surface area contributed by atoms with Gasteiger partial charge in [-0.05, 0) is 37.3 Å². The minimum atomic E-state index is -0.697. The van der Waals surface area contributed by atoms with E-state index in [1.807, 2.05) is 0 Å². The van der Waals surface area contributed by atoms with Crippen molar-refractivity contribution >= 4 is 34.8 Å². The Balaban J connectivity index is 2.00. The molecule has 0 aliphatic carbocycles. The van der Waals surface area contributed by atoms with Gasteiger partial charge in [0, 0.05) is 22.8 Å². The summed E-state index contributed by atoms with van der Waals surface area (Å²) in [6.07, 6.45) is 0. The Morgan fingerprint density at radius 3 is 2.31 bits per heavy atom. The van der Waals surface area contributed by atoms with Crippen LogP contribution >= 0.6 is 23.2 Å². The van der Waals surface area contributed by atoms with E-state index in [0.29, 0.717) is 27.9 Å². The molecular formula is C20H17Cl2N3O4. The highest BCUT2D eigenvalue weighted by Gasteiger charge is 2.18. The zero-order valence-corrected chi connectivity index (χ0v) is 17.3. The fraction of sp³-hybridized carbons (Fsp3) is 0.150. The van der Waals surface area contributed by atoms with Crippen LogP contribution in [0.4, 0.5) is 5.69 Å². The molecule has 0 radical (unpaired) electrons. The van der Waals surface area contributed by atoms with Crippen LogP contribution in [0.3, 0.4) is 0 Å². The van der Waals surface area contributed by atoms with E-state index in [1.165, 1.54) is 37.1 Å². The van der Waals surface area contributed by atoms with Gasteiger partial charge in [0.25, 0.3) is 5.91 Å². The predicted octanol–water partition coefficient (Wildman–Crippen LogP) is 4.12. The van der Waals surface area contributed by atoms with Crippen molar-refractivity contribution in [2.75, 3.05) is 19.5 Å². The van der Waals surface area contributed by atoms with Crippen LogP contribution in [0.15, 0.2) is 47.3 Å². The van der Waals surface area contributed by atoms with Gasteiger partial charge in [-0.1, -0.05) is 23.2 Å². The maximum atomic E-state index is 12.8. The van der Waals surface area contributed by atoms with Crippen molar-refractivity contribution in [1.29, 1.82) is 0 Å². The van der Waals surface area contributed by atoms with E-state index in [1.54, 1.807) is 31.2 Å². The highest BCUT2D eigenvalue weighted by molar-refractivity contribution is 6.32. The van der Waals surface area contributed by atoms with E-state index in [4.69, 9.17) is 32.7 Å². The second-order valence-electron chi connectivity index (χ2n) is 6.03. The molecule has 0 atom stereocenters. The molecule has 1 amide bonds. The molecule has 3 rings (SSSR count). The third kappa shape index (κ3) is 4.36. The van der Waals surface area contributed by atoms with Gasteiger partial charge in [-0.3, -0.25) is 9.59 Å². The van der Waals surface area contributed by atoms with Crippen molar-refractivity contribution < 1.29 is 14.3 Å². The van der Waals surface area contributed by atoms with E-state index in [9.17, 15) is 9.59 Å². The average molecular weight is 434 g/mol. The maximum Gasteiger partial charge on any atom is 0.280 e. The van der Waals surface area contributed by atoms with Crippen molar-refractivity contribution in [3.05, 3.63) is 74.1 Å². The van der Waals surface area contributed by atoms with Gasteiger partial charge in [-0.25, -0.2) is 4.68 Å². The molecule has 0 aliphatic heterocycles. The third-order valence-electron chi connectivity index (χ3n) is 4.12. The standard InChI is InChI=1S/C20H17Cl2N3O4/c1-11-8-16(26)19(24-25(11)13-6-4-12(21)5-7-13)20(27)23-15-9-14(22)17(28-2)10-18(15)29-3/h4-10H,1-3H3,(H,23,27). The fourth-order valence-corrected chi connectivity index (χ4v) is 3.05. The molecule has 0 saturated heterocycles. The van der Waals surface area contributed by atoms with Crippen LogP contribution in [0.25, 0.3) is 5.69 Å². The van der Waals surface area contributed by atoms with Crippen molar-refractivity contribution in [2.45, 2.75) is 6.92 Å². The van der Waals surface area contributed by atoms with Gasteiger partial charge in [0.2, 0.25) is 5.43 Å². The summed E-state index contributed by atoms with van der Waals surface area (Å²) in [4.78, 5) is 25.2. The molecule has 3 aromatic rings. The summed E-state index contributed by atoms with van der Waals surface area (Å²) in [7, 11) is 2.91. The number of hydrogen-bond acceptors (Lipinski definition) is 5. The van der Waals surface area contributed by atoms with Crippen molar-refractivity contribution in [3.8, 4) is 17.2 Å². The molecule has 2 aromatic carbocycles. The molecule has 7 nitrogen and oxygen atoms in total. The number of carbonyl (C=O) groups is 1. The van der Waals surface area contributed by atoms with Crippen LogP contribution in [-0.2, 0) is 0 Å². The topological polar surface area (TPSA) is 82.4 Å². The number of carbonyl (C=O) groups excluding carboxylic acids is 1. The number of anilines is 1. The number of amides is 1. The summed E-state index contributed by atoms with van der Waals surface area (Å²) in [6, 6.07) is 11.2. The lowest BCUT2D eigenvalue weighted by Gasteiger charge is -2.14. The van der Waals surface area contributed by atoms with Gasteiger partial charge >= 0.3 is 0 Å². The van der Waals surface area contributed by atoms with Crippen LogP contribution in [0, 0.1) is 6.92 Å². The number of ether oxygens (including phenoxy) is 2. The van der Waals surface area contributed by atoms with Crippen LogP contribution in [0.5, 0.6) is 11.5 Å². The van der Waals surface area contributed by atoms with Crippen LogP contribution in [0.2, 0.25) is 10.0 Å². The molecule has 1 aromatic heterocycles. The molecule has 1 N–H and O–H groups in total. The first-order valence-electron chi connectivity index (χ1n) is 8.44. The van der Waals surface area contributed by atoms with Crippen molar-refractivity contribution in [2.24, 2.45) is 0 Å². The van der Waals surface area contributed by atoms with E-state index >= 15 is 0 Å². The number of hydrogen-bond donors (Lipinski definition) is 1. The summed E-state index contributed by atoms with van der Waals surface area (Å²) in [5.74, 6) is 0.0158. The number of aryl methyl sites for hydroxylation is 1. The lowest BCUT2D eigenvalue weighted by atomic mass is 10.2. The molecule has 0 aliphatic rings. The van der Waals surface area contributed by atoms with E-state index < -0.39 is 11.3 Å². The first-order chi connectivity index (χ1) is 13.8. The van der Waals surface area contributed by atoms with Gasteiger partial charge in [-0.15, -0.1) is 0 Å². The second kappa shape index (κ2) is 8.55. The van der Waals surface area contributed by atoms with Crippen LogP contribution in [-0.4, -0.2) is 29.9 Å². The summed E-state index contributed by atoms with van der Waals surface area (Å²) in [6.45, 7) is 1.72. The number of nitrogens with one attached hydrogen (secondary N) is 1. The number of halogens is 2. The van der Waals surface area contributed by atoms with E-state index in [0.717, 1.165) is 0 Å². The normalized spacial score (nSPS) is 10.5. The molecule has 29 heavy (non-hydrogen) atoms. The highest BCUT2D eigenvalue weighted by atomic mass is 35.5. The second-order valence-corrected chi connectivity index (χ2v) is 6.87. The lowest BCUT2D eigenvalue weighted by Crippen LogP contribution is -2.27. The first kappa shape index (κ1) is 20.7. The minimum absolute atomic E-state index is 0.277. The van der Waals surface area contributed by atoms with Gasteiger partial charge in [0.15, 0.2) is 5.69 Å². The Bertz CT molecular complexity index is 1130. The fourth-order valence-electron chi connectivity index (χ4n) is 2.69. The summed E-state index contributed by atoms with van der Waals surface area (Å²) in [5.41, 5.74) is 0.719. The van der Waals surface area contributed by atoms with E-state index in [-0.39, 0.29) is 16.4 Å². The Kier molecular flexibility index (Phi) is 6.10. The number of rotatable bonds is 5. The van der Waals surface area contributed by atoms with Gasteiger partial charge < -0.3 is 14.8 Å². The zero-order chi connectivity index (χ0) is 21.1. The Morgan fingerprint density at radius 1 is 1.03 bits per heavy atom. The molecule has 0 saturated carbocycles. The molecule has 150 valence electrons. The van der Waals surface area contributed by atoms with Crippen LogP contribution < -0.4 is 20.2 Å². The van der Waals surface area contributed by atoms with Crippen LogP contribution in [0.1, 0.15) is 16.2 Å². The molecule has 0 bridgehead atoms. The summed E-state index contributed by atoms with van der Waals surface area (Å²) < 4.78 is 11.9. The number of aromatic nitrogens is 2. The Hall–Kier alpha value is -3.03. The largest absolute Gasteiger partial charge is 0.495 e. The quantitative estimate of drug-likeness (QED) is 0.654. The van der Waals surface area contributed by atoms with Gasteiger partial charge in [0.05, 0.1) is 30.6 Å². The van der Waals surface area contributed by atoms with Gasteiger partial charge in [-0.2, -0.15) is 5.10 Å². The molecule has 0 unspecified atom stereocenters. The first-order valence-corrected chi connectivity index (χ1v) is 9.19. The average Bonchev–Trinajstić information content (AvgIpc) is 2.69. The summed E-state index contributed by atoms with van der Waals surface area (Å²) >= 11 is 12.1. The summed E-state index contributed by atoms with van der Waals surface area (Å²) in [5, 5.41) is 7.69. The number of nitrogens with zero attached hydrogens (tertiary/aromatic N) is 2. The molecule has 0 fully saturated rings. The van der Waals surface area contributed by atoms with Crippen molar-refractivity contribution in [3.63, 3.8) is 0 Å². The predicted molar refractivity (Wildman–Crippen MR) is 112 cm³/mol. The molecular weight excluding hydrogens is 417 g/mol. The Labute approximate surface area is 176 Å². The zero-order valence-electron chi connectivity index (χ0n) is 15.8. The molecule has 0 spiro atoms. The minimum Gasteiger partial charge on any atom is -0.495 e. The maximum absolute atomic E-state index is 12.8. The molecule has 9 heteroatoms. The smallest absolute Gasteiger partial charge is 0.280 e. The third-order valence-corrected chi connectivity index (χ3v) is 4.66. The van der Waals surface area contributed by atoms with Crippen molar-refractivity contribution in [1.82, 2.24) is 9.78 Å². The SMILES string of the molecule is COc1cc(OC)c(NC(=O)c2nn(-c3ccc(Cl)cc3)c(C)cc2=O)cc1Cl. The highest BCUT2D eigenvalue weighted by Crippen LogP contribution is 2.36. The monoisotopic (exact) mass is 433 g/mol. The van der Waals surface area contributed by atoms with Gasteiger partial charge in [0.1, 0.15) is 11.5 Å². The number of methoxy groups -OCH3 is 2. The van der Waals surface area contributed by atoms with E-state index in [2.05, 4.69) is 10.4 Å².